The molecule has 0 bridgehead atoms. The number of nitrogens with one attached hydrogen (secondary N) is 1. The van der Waals surface area contributed by atoms with Gasteiger partial charge in [-0.3, -0.25) is 0 Å². The molecule has 2 aromatic rings. The number of fused-ring (bicyclic) bond motifs is 1. The molecule has 0 fully saturated rings. The Labute approximate surface area is 82.3 Å². The number of rotatable bonds is 1. The standard InChI is InChI=1S/C7H5N2.3CH3.Sn/c1-3-8-5-7-6(1)2-4-9-7;;;;/h2-5,9H;3*1H3;. The molecule has 2 aromatic heterocycles. The Morgan fingerprint density at radius 3 is 2.69 bits per heavy atom. The molecule has 1 N–H and O–H groups in total. The van der Waals surface area contributed by atoms with Crippen LogP contribution in [-0.2, 0) is 0 Å². The minimum absolute atomic E-state index is 1.17. The third-order valence-corrected chi connectivity index (χ3v) is 8.03. The molecule has 0 unspecified atom stereocenters. The number of hydrogen-bond acceptors (Lipinski definition) is 1. The van der Waals surface area contributed by atoms with Crippen LogP contribution in [0.4, 0.5) is 0 Å². The van der Waals surface area contributed by atoms with Gasteiger partial charge in [-0.15, -0.1) is 0 Å². The molecule has 2 nitrogen and oxygen atoms in total. The molecule has 0 spiro atoms. The van der Waals surface area contributed by atoms with E-state index in [9.17, 15) is 0 Å². The van der Waals surface area contributed by atoms with Crippen LogP contribution in [0.3, 0.4) is 0 Å². The maximum atomic E-state index is 4.27. The zero-order chi connectivity index (χ0) is 9.47. The molecule has 3 heteroatoms. The van der Waals surface area contributed by atoms with Gasteiger partial charge in [0.05, 0.1) is 0 Å². The van der Waals surface area contributed by atoms with Crippen LogP contribution in [0.1, 0.15) is 0 Å². The van der Waals surface area contributed by atoms with E-state index in [1.165, 1.54) is 14.5 Å². The maximum absolute atomic E-state index is 4.27. The first-order chi connectivity index (χ1) is 6.09. The number of aromatic nitrogens is 2. The second kappa shape index (κ2) is 3.01. The van der Waals surface area contributed by atoms with E-state index in [4.69, 9.17) is 0 Å². The zero-order valence-electron chi connectivity index (χ0n) is 8.26. The van der Waals surface area contributed by atoms with E-state index < -0.39 is 18.4 Å². The van der Waals surface area contributed by atoms with Gasteiger partial charge in [-0.05, 0) is 0 Å². The van der Waals surface area contributed by atoms with E-state index in [-0.39, 0.29) is 0 Å². The molecule has 68 valence electrons. The summed E-state index contributed by atoms with van der Waals surface area (Å²) in [5.41, 5.74) is 1.17. The number of nitrogens with zero attached hydrogens (tertiary/aromatic N) is 1. The second-order valence-corrected chi connectivity index (χ2v) is 18.8. The van der Waals surface area contributed by atoms with Crippen LogP contribution < -0.4 is 3.58 Å². The fraction of sp³-hybridized carbons (Fsp3) is 0.300. The Balaban J connectivity index is 2.75. The first kappa shape index (κ1) is 9.06. The zero-order valence-corrected chi connectivity index (χ0v) is 11.1. The van der Waals surface area contributed by atoms with Crippen molar-refractivity contribution < 1.29 is 0 Å². The number of hydrogen-bond donors (Lipinski definition) is 1. The van der Waals surface area contributed by atoms with Crippen LogP contribution in [0.15, 0.2) is 24.7 Å². The predicted molar refractivity (Wildman–Crippen MR) is 59.1 cm³/mol. The van der Waals surface area contributed by atoms with Crippen molar-refractivity contribution in [3.05, 3.63) is 24.7 Å². The van der Waals surface area contributed by atoms with Gasteiger partial charge in [-0.1, -0.05) is 0 Å². The molecule has 2 heterocycles. The Hall–Kier alpha value is -0.511. The molecular weight excluding hydrogens is 267 g/mol. The van der Waals surface area contributed by atoms with Crippen molar-refractivity contribution in [2.45, 2.75) is 14.8 Å². The minimum atomic E-state index is -1.96. The average molecular weight is 281 g/mol. The molecule has 0 radical (unpaired) electrons. The number of H-pyrrole nitrogens is 1. The Morgan fingerprint density at radius 1 is 1.23 bits per heavy atom. The summed E-state index contributed by atoms with van der Waals surface area (Å²) in [6, 6.07) is 2.16. The van der Waals surface area contributed by atoms with Crippen LogP contribution in [0, 0.1) is 0 Å². The van der Waals surface area contributed by atoms with E-state index in [0.29, 0.717) is 0 Å². The Bertz CT molecular complexity index is 426. The van der Waals surface area contributed by atoms with Gasteiger partial charge in [-0.25, -0.2) is 0 Å². The van der Waals surface area contributed by atoms with Gasteiger partial charge in [0.2, 0.25) is 0 Å². The molecule has 2 rings (SSSR count). The van der Waals surface area contributed by atoms with Gasteiger partial charge in [0.1, 0.15) is 0 Å². The first-order valence-corrected chi connectivity index (χ1v) is 14.5. The van der Waals surface area contributed by atoms with E-state index in [0.717, 1.165) is 0 Å². The van der Waals surface area contributed by atoms with Crippen molar-refractivity contribution in [2.24, 2.45) is 0 Å². The summed E-state index contributed by atoms with van der Waals surface area (Å²) in [5.74, 6) is 0. The summed E-state index contributed by atoms with van der Waals surface area (Å²) in [6.07, 6.45) is 5.94. The first-order valence-electron chi connectivity index (χ1n) is 4.50. The molecular formula is C10H14N2Sn. The van der Waals surface area contributed by atoms with Crippen LogP contribution >= 0.6 is 0 Å². The molecule has 0 aliphatic heterocycles. The third-order valence-electron chi connectivity index (χ3n) is 2.28. The summed E-state index contributed by atoms with van der Waals surface area (Å²) in [5, 5.41) is 1.37. The van der Waals surface area contributed by atoms with Crippen molar-refractivity contribution in [3.63, 3.8) is 0 Å². The van der Waals surface area contributed by atoms with Gasteiger partial charge >= 0.3 is 82.3 Å². The van der Waals surface area contributed by atoms with E-state index >= 15 is 0 Å². The number of pyridine rings is 1. The summed E-state index contributed by atoms with van der Waals surface area (Å²) >= 11 is -1.96. The van der Waals surface area contributed by atoms with Crippen molar-refractivity contribution >= 4 is 32.9 Å². The molecule has 0 aliphatic carbocycles. The van der Waals surface area contributed by atoms with E-state index in [1.807, 2.05) is 18.6 Å². The fourth-order valence-electron chi connectivity index (χ4n) is 1.58. The van der Waals surface area contributed by atoms with Crippen LogP contribution in [0.2, 0.25) is 14.8 Å². The molecule has 0 aliphatic rings. The molecule has 0 amide bonds. The van der Waals surface area contributed by atoms with Crippen molar-refractivity contribution in [2.75, 3.05) is 0 Å². The summed E-state index contributed by atoms with van der Waals surface area (Å²) < 4.78 is 1.51. The number of aromatic amines is 1. The third kappa shape index (κ3) is 1.59. The van der Waals surface area contributed by atoms with E-state index in [2.05, 4.69) is 30.9 Å². The van der Waals surface area contributed by atoms with E-state index in [1.54, 1.807) is 0 Å². The van der Waals surface area contributed by atoms with Crippen molar-refractivity contribution in [1.29, 1.82) is 0 Å². The SMILES string of the molecule is [CH3][Sn]([CH3])([CH3])[c]1cncc2[nH]ccc12. The van der Waals surface area contributed by atoms with Gasteiger partial charge in [0, 0.05) is 0 Å². The average Bonchev–Trinajstić information content (AvgIpc) is 2.48. The Kier molecular flexibility index (Phi) is 2.10. The second-order valence-electron chi connectivity index (χ2n) is 4.38. The summed E-state index contributed by atoms with van der Waals surface area (Å²) in [6.45, 7) is 0. The Morgan fingerprint density at radius 2 is 2.00 bits per heavy atom. The quantitative estimate of drug-likeness (QED) is 0.797. The summed E-state index contributed by atoms with van der Waals surface area (Å²) in [7, 11) is 0. The topological polar surface area (TPSA) is 28.7 Å². The molecule has 13 heavy (non-hydrogen) atoms. The normalized spacial score (nSPS) is 12.2. The molecule has 0 atom stereocenters. The van der Waals surface area contributed by atoms with Gasteiger partial charge in [-0.2, -0.15) is 0 Å². The fourth-order valence-corrected chi connectivity index (χ4v) is 5.82. The van der Waals surface area contributed by atoms with Gasteiger partial charge < -0.3 is 0 Å². The molecule has 0 saturated carbocycles. The van der Waals surface area contributed by atoms with Crippen molar-refractivity contribution in [1.82, 2.24) is 9.97 Å². The van der Waals surface area contributed by atoms with Crippen LogP contribution in [0.5, 0.6) is 0 Å². The predicted octanol–water partition coefficient (Wildman–Crippen LogP) is 2.11. The summed E-state index contributed by atoms with van der Waals surface area (Å²) in [4.78, 5) is 14.7. The van der Waals surface area contributed by atoms with Gasteiger partial charge in [0.15, 0.2) is 0 Å². The van der Waals surface area contributed by atoms with Gasteiger partial charge in [0.25, 0.3) is 0 Å². The van der Waals surface area contributed by atoms with Crippen LogP contribution in [-0.4, -0.2) is 28.3 Å². The monoisotopic (exact) mass is 282 g/mol. The van der Waals surface area contributed by atoms with Crippen molar-refractivity contribution in [3.8, 4) is 0 Å². The van der Waals surface area contributed by atoms with Crippen LogP contribution in [0.25, 0.3) is 10.9 Å². The molecule has 0 aromatic carbocycles. The molecule has 0 saturated heterocycles.